The van der Waals surface area contributed by atoms with Gasteiger partial charge in [0.1, 0.15) is 11.9 Å². The number of hydrogen-bond donors (Lipinski definition) is 0. The number of amides is 3. The van der Waals surface area contributed by atoms with Crippen LogP contribution in [0, 0.1) is 17.1 Å². The summed E-state index contributed by atoms with van der Waals surface area (Å²) in [5.74, 6) is -2.31. The summed E-state index contributed by atoms with van der Waals surface area (Å²) >= 11 is 0. The summed E-state index contributed by atoms with van der Waals surface area (Å²) in [6.45, 7) is 5.43. The van der Waals surface area contributed by atoms with Crippen LogP contribution >= 0.6 is 0 Å². The molecule has 30 heavy (non-hydrogen) atoms. The summed E-state index contributed by atoms with van der Waals surface area (Å²) in [6, 6.07) is 12.6. The molecule has 1 atom stereocenters. The quantitative estimate of drug-likeness (QED) is 0.709. The van der Waals surface area contributed by atoms with Gasteiger partial charge in [0.2, 0.25) is 5.91 Å². The highest BCUT2D eigenvalue weighted by Crippen LogP contribution is 2.32. The molecule has 154 valence electrons. The number of anilines is 1. The van der Waals surface area contributed by atoms with Crippen molar-refractivity contribution >= 4 is 23.4 Å². The van der Waals surface area contributed by atoms with E-state index in [1.807, 2.05) is 13.0 Å². The Morgan fingerprint density at radius 3 is 2.40 bits per heavy atom. The lowest BCUT2D eigenvalue weighted by Gasteiger charge is -2.41. The van der Waals surface area contributed by atoms with Crippen LogP contribution in [-0.2, 0) is 9.59 Å². The zero-order chi connectivity index (χ0) is 22.1. The molecule has 0 radical (unpaired) electrons. The molecular formula is C23H22FN3O3. The van der Waals surface area contributed by atoms with Gasteiger partial charge in [-0.3, -0.25) is 14.4 Å². The van der Waals surface area contributed by atoms with E-state index in [0.29, 0.717) is 17.7 Å². The van der Waals surface area contributed by atoms with Gasteiger partial charge >= 0.3 is 0 Å². The van der Waals surface area contributed by atoms with E-state index < -0.39 is 35.1 Å². The van der Waals surface area contributed by atoms with Crippen LogP contribution in [0.15, 0.2) is 48.5 Å². The standard InChI is InChI=1S/C23H22FN3O3/c1-4-23(2,3)27(21(29)17-7-5-6-8-18(17)24)19-13-20(28)26(22(19)30)16-11-9-15(14-25)10-12-16/h5-12,19H,4,13H2,1-3H3. The van der Waals surface area contributed by atoms with Crippen molar-refractivity contribution in [1.29, 1.82) is 5.26 Å². The normalized spacial score (nSPS) is 16.5. The van der Waals surface area contributed by atoms with E-state index in [4.69, 9.17) is 5.26 Å². The molecule has 0 N–H and O–H groups in total. The molecule has 3 amide bonds. The second-order valence-electron chi connectivity index (χ2n) is 7.77. The maximum absolute atomic E-state index is 14.3. The second-order valence-corrected chi connectivity index (χ2v) is 7.77. The second kappa shape index (κ2) is 8.07. The minimum atomic E-state index is -1.05. The van der Waals surface area contributed by atoms with E-state index in [1.54, 1.807) is 19.9 Å². The molecule has 0 spiro atoms. The van der Waals surface area contributed by atoms with E-state index >= 15 is 0 Å². The Hall–Kier alpha value is -3.53. The predicted molar refractivity (Wildman–Crippen MR) is 109 cm³/mol. The van der Waals surface area contributed by atoms with Crippen molar-refractivity contribution in [1.82, 2.24) is 4.90 Å². The summed E-state index contributed by atoms with van der Waals surface area (Å²) < 4.78 is 14.3. The number of halogens is 1. The molecule has 2 aromatic carbocycles. The van der Waals surface area contributed by atoms with E-state index in [2.05, 4.69) is 0 Å². The average molecular weight is 407 g/mol. The first-order valence-electron chi connectivity index (χ1n) is 9.66. The van der Waals surface area contributed by atoms with Crippen molar-refractivity contribution in [2.45, 2.75) is 45.2 Å². The van der Waals surface area contributed by atoms with Gasteiger partial charge in [0, 0.05) is 5.54 Å². The molecule has 1 fully saturated rings. The van der Waals surface area contributed by atoms with E-state index in [9.17, 15) is 18.8 Å². The summed E-state index contributed by atoms with van der Waals surface area (Å²) in [7, 11) is 0. The van der Waals surface area contributed by atoms with Gasteiger partial charge in [0.25, 0.3) is 11.8 Å². The Bertz CT molecular complexity index is 1040. The third-order valence-electron chi connectivity index (χ3n) is 5.53. The first-order chi connectivity index (χ1) is 14.2. The molecule has 0 aliphatic carbocycles. The highest BCUT2D eigenvalue weighted by Gasteiger charge is 2.48. The fourth-order valence-electron chi connectivity index (χ4n) is 3.55. The number of hydrogen-bond acceptors (Lipinski definition) is 4. The summed E-state index contributed by atoms with van der Waals surface area (Å²) in [5, 5.41) is 8.95. The molecule has 1 aliphatic heterocycles. The van der Waals surface area contributed by atoms with Crippen LogP contribution in [-0.4, -0.2) is 34.2 Å². The molecule has 1 heterocycles. The van der Waals surface area contributed by atoms with Crippen LogP contribution in [0.25, 0.3) is 0 Å². The summed E-state index contributed by atoms with van der Waals surface area (Å²) in [6.07, 6.45) is 0.310. The molecule has 1 aliphatic rings. The zero-order valence-electron chi connectivity index (χ0n) is 17.1. The lowest BCUT2D eigenvalue weighted by atomic mass is 9.94. The van der Waals surface area contributed by atoms with Gasteiger partial charge in [-0.1, -0.05) is 19.1 Å². The van der Waals surface area contributed by atoms with Gasteiger partial charge in [-0.05, 0) is 56.7 Å². The number of carbonyl (C=O) groups is 3. The van der Waals surface area contributed by atoms with E-state index in [-0.39, 0.29) is 12.0 Å². The Morgan fingerprint density at radius 2 is 1.83 bits per heavy atom. The first-order valence-corrected chi connectivity index (χ1v) is 9.66. The number of carbonyl (C=O) groups excluding carboxylic acids is 3. The van der Waals surface area contributed by atoms with Crippen LogP contribution < -0.4 is 4.90 Å². The SMILES string of the molecule is CCC(C)(C)N(C(=O)c1ccccc1F)C1CC(=O)N(c2ccc(C#N)cc2)C1=O. The van der Waals surface area contributed by atoms with Crippen LogP contribution in [0.3, 0.4) is 0 Å². The largest absolute Gasteiger partial charge is 0.321 e. The highest BCUT2D eigenvalue weighted by molar-refractivity contribution is 6.23. The number of nitriles is 1. The van der Waals surface area contributed by atoms with Crippen molar-refractivity contribution in [3.05, 3.63) is 65.5 Å². The molecule has 7 heteroatoms. The zero-order valence-corrected chi connectivity index (χ0v) is 17.1. The maximum Gasteiger partial charge on any atom is 0.257 e. The van der Waals surface area contributed by atoms with Crippen LogP contribution in [0.1, 0.15) is 49.5 Å². The topological polar surface area (TPSA) is 81.5 Å². The fraction of sp³-hybridized carbons (Fsp3) is 0.304. The van der Waals surface area contributed by atoms with Gasteiger partial charge < -0.3 is 4.90 Å². The van der Waals surface area contributed by atoms with Crippen molar-refractivity contribution in [3.8, 4) is 6.07 Å². The van der Waals surface area contributed by atoms with Crippen molar-refractivity contribution in [2.24, 2.45) is 0 Å². The van der Waals surface area contributed by atoms with Gasteiger partial charge in [0.15, 0.2) is 0 Å². The Labute approximate surface area is 174 Å². The molecule has 1 unspecified atom stereocenters. The van der Waals surface area contributed by atoms with E-state index in [0.717, 1.165) is 4.90 Å². The lowest BCUT2D eigenvalue weighted by molar-refractivity contribution is -0.123. The predicted octanol–water partition coefficient (Wildman–Crippen LogP) is 3.66. The molecule has 0 saturated carbocycles. The van der Waals surface area contributed by atoms with Gasteiger partial charge in [-0.15, -0.1) is 0 Å². The Balaban J connectivity index is 2.01. The minimum absolute atomic E-state index is 0.143. The minimum Gasteiger partial charge on any atom is -0.321 e. The summed E-state index contributed by atoms with van der Waals surface area (Å²) in [5.41, 5.74) is -0.200. The lowest BCUT2D eigenvalue weighted by Crippen LogP contribution is -2.55. The Kier molecular flexibility index (Phi) is 5.70. The average Bonchev–Trinajstić information content (AvgIpc) is 3.02. The van der Waals surface area contributed by atoms with E-state index in [1.165, 1.54) is 47.4 Å². The fourth-order valence-corrected chi connectivity index (χ4v) is 3.55. The third kappa shape index (κ3) is 3.69. The molecule has 0 aromatic heterocycles. The highest BCUT2D eigenvalue weighted by atomic mass is 19.1. The van der Waals surface area contributed by atoms with Crippen molar-refractivity contribution < 1.29 is 18.8 Å². The summed E-state index contributed by atoms with van der Waals surface area (Å²) in [4.78, 5) is 41.6. The van der Waals surface area contributed by atoms with Crippen molar-refractivity contribution in [2.75, 3.05) is 4.90 Å². The van der Waals surface area contributed by atoms with Crippen LogP contribution in [0.5, 0.6) is 0 Å². The molecule has 1 saturated heterocycles. The van der Waals surface area contributed by atoms with Crippen molar-refractivity contribution in [3.63, 3.8) is 0 Å². The molecular weight excluding hydrogens is 385 g/mol. The van der Waals surface area contributed by atoms with Gasteiger partial charge in [0.05, 0.1) is 29.3 Å². The maximum atomic E-state index is 14.3. The first kappa shape index (κ1) is 21.2. The smallest absolute Gasteiger partial charge is 0.257 e. The van der Waals surface area contributed by atoms with Gasteiger partial charge in [-0.25, -0.2) is 9.29 Å². The van der Waals surface area contributed by atoms with Gasteiger partial charge in [-0.2, -0.15) is 5.26 Å². The number of imide groups is 1. The third-order valence-corrected chi connectivity index (χ3v) is 5.53. The molecule has 3 rings (SSSR count). The molecule has 6 nitrogen and oxygen atoms in total. The van der Waals surface area contributed by atoms with Crippen LogP contribution in [0.4, 0.5) is 10.1 Å². The monoisotopic (exact) mass is 407 g/mol. The number of rotatable bonds is 5. The Morgan fingerprint density at radius 1 is 1.20 bits per heavy atom. The molecule has 0 bridgehead atoms. The number of nitrogens with zero attached hydrogens (tertiary/aromatic N) is 3. The molecule has 2 aromatic rings. The van der Waals surface area contributed by atoms with Crippen LogP contribution in [0.2, 0.25) is 0 Å². The number of benzene rings is 2.